The van der Waals surface area contributed by atoms with Crippen LogP contribution in [0.25, 0.3) is 10.2 Å². The van der Waals surface area contributed by atoms with E-state index < -0.39 is 0 Å². The largest absolute Gasteiger partial charge is 0.354 e. The first kappa shape index (κ1) is 13.6. The molecule has 0 saturated carbocycles. The molecule has 1 N–H and O–H groups in total. The third-order valence-electron chi connectivity index (χ3n) is 2.56. The van der Waals surface area contributed by atoms with Crippen LogP contribution < -0.4 is 5.32 Å². The molecule has 2 heterocycles. The van der Waals surface area contributed by atoms with E-state index in [0.29, 0.717) is 17.0 Å². The van der Waals surface area contributed by atoms with Gasteiger partial charge in [0.2, 0.25) is 5.95 Å². The first-order chi connectivity index (χ1) is 8.60. The second kappa shape index (κ2) is 5.85. The maximum absolute atomic E-state index is 6.21. The summed E-state index contributed by atoms with van der Waals surface area (Å²) in [5, 5.41) is 4.74. The number of thiophene rings is 1. The van der Waals surface area contributed by atoms with Gasteiger partial charge in [0.1, 0.15) is 9.98 Å². The highest BCUT2D eigenvalue weighted by Gasteiger charge is 2.10. The smallest absolute Gasteiger partial charge is 0.225 e. The van der Waals surface area contributed by atoms with Gasteiger partial charge in [-0.05, 0) is 18.4 Å². The van der Waals surface area contributed by atoms with Crippen molar-refractivity contribution in [3.05, 3.63) is 16.1 Å². The van der Waals surface area contributed by atoms with E-state index >= 15 is 0 Å². The molecule has 0 atom stereocenters. The summed E-state index contributed by atoms with van der Waals surface area (Å²) < 4.78 is 0. The molecule has 0 spiro atoms. The van der Waals surface area contributed by atoms with Crippen LogP contribution in [-0.4, -0.2) is 16.5 Å². The van der Waals surface area contributed by atoms with E-state index in [1.807, 2.05) is 0 Å². The molecule has 2 aromatic heterocycles. The normalized spacial score (nSPS) is 11.4. The van der Waals surface area contributed by atoms with Crippen molar-refractivity contribution in [2.24, 2.45) is 5.92 Å². The fraction of sp³-hybridized carbons (Fsp3) is 0.538. The quantitative estimate of drug-likeness (QED) is 0.828. The molecular weight excluding hydrogens is 266 g/mol. The number of hydrogen-bond acceptors (Lipinski definition) is 4. The van der Waals surface area contributed by atoms with Gasteiger partial charge in [0.25, 0.3) is 0 Å². The second-order valence-corrected chi connectivity index (χ2v) is 6.27. The first-order valence-corrected chi connectivity index (χ1v) is 7.49. The first-order valence-electron chi connectivity index (χ1n) is 6.30. The van der Waals surface area contributed by atoms with E-state index in [2.05, 4.69) is 42.1 Å². The monoisotopic (exact) mass is 283 g/mol. The summed E-state index contributed by atoms with van der Waals surface area (Å²) in [5.41, 5.74) is 0. The van der Waals surface area contributed by atoms with E-state index in [1.165, 1.54) is 4.88 Å². The van der Waals surface area contributed by atoms with Crippen molar-refractivity contribution in [1.29, 1.82) is 0 Å². The molecule has 0 aromatic carbocycles. The summed E-state index contributed by atoms with van der Waals surface area (Å²) in [7, 11) is 0. The Hall–Kier alpha value is -0.870. The molecule has 0 fully saturated rings. The zero-order chi connectivity index (χ0) is 13.1. The summed E-state index contributed by atoms with van der Waals surface area (Å²) in [6, 6.07) is 2.11. The Balaban J connectivity index is 2.29. The molecule has 0 radical (unpaired) electrons. The maximum atomic E-state index is 6.21. The minimum atomic E-state index is 0.546. The van der Waals surface area contributed by atoms with E-state index in [0.717, 1.165) is 29.6 Å². The summed E-state index contributed by atoms with van der Waals surface area (Å²) in [4.78, 5) is 11.1. The molecule has 0 amide bonds. The number of nitrogens with zero attached hydrogens (tertiary/aromatic N) is 2. The summed E-state index contributed by atoms with van der Waals surface area (Å²) in [5.74, 6) is 1.19. The van der Waals surface area contributed by atoms with E-state index in [1.54, 1.807) is 11.3 Å². The number of aromatic nitrogens is 2. The van der Waals surface area contributed by atoms with Crippen LogP contribution in [-0.2, 0) is 6.42 Å². The predicted molar refractivity (Wildman–Crippen MR) is 79.7 cm³/mol. The highest BCUT2D eigenvalue weighted by molar-refractivity contribution is 7.18. The van der Waals surface area contributed by atoms with Crippen LogP contribution in [0.2, 0.25) is 5.15 Å². The van der Waals surface area contributed by atoms with Crippen molar-refractivity contribution >= 4 is 39.1 Å². The molecule has 5 heteroatoms. The third kappa shape index (κ3) is 3.12. The van der Waals surface area contributed by atoms with Crippen molar-refractivity contribution < 1.29 is 0 Å². The lowest BCUT2D eigenvalue weighted by Crippen LogP contribution is -2.10. The fourth-order valence-electron chi connectivity index (χ4n) is 1.68. The van der Waals surface area contributed by atoms with Gasteiger partial charge in [0, 0.05) is 16.8 Å². The molecule has 0 saturated heterocycles. The lowest BCUT2D eigenvalue weighted by molar-refractivity contribution is 0.685. The van der Waals surface area contributed by atoms with Crippen molar-refractivity contribution in [3.63, 3.8) is 0 Å². The number of halogens is 1. The molecule has 0 aliphatic heterocycles. The van der Waals surface area contributed by atoms with Crippen LogP contribution in [0.15, 0.2) is 6.07 Å². The number of rotatable bonds is 5. The summed E-state index contributed by atoms with van der Waals surface area (Å²) >= 11 is 7.92. The Kier molecular flexibility index (Phi) is 4.40. The number of fused-ring (bicyclic) bond motifs is 1. The number of hydrogen-bond donors (Lipinski definition) is 1. The number of anilines is 1. The van der Waals surface area contributed by atoms with E-state index in [9.17, 15) is 0 Å². The number of nitrogens with one attached hydrogen (secondary N) is 1. The molecule has 98 valence electrons. The Labute approximate surface area is 117 Å². The lowest BCUT2D eigenvalue weighted by atomic mass is 10.2. The standard InChI is InChI=1S/C13H18ClN3S/c1-4-5-9-6-10-11(14)16-13(15-7-8(2)3)17-12(10)18-9/h6,8H,4-5,7H2,1-3H3,(H,15,16,17). The predicted octanol–water partition coefficient (Wildman–Crippen LogP) is 4.37. The molecule has 3 nitrogen and oxygen atoms in total. The SMILES string of the molecule is CCCc1cc2c(Cl)nc(NCC(C)C)nc2s1. The molecule has 0 unspecified atom stereocenters. The topological polar surface area (TPSA) is 37.8 Å². The molecule has 18 heavy (non-hydrogen) atoms. The summed E-state index contributed by atoms with van der Waals surface area (Å²) in [6.07, 6.45) is 2.21. The van der Waals surface area contributed by atoms with Gasteiger partial charge in [-0.2, -0.15) is 0 Å². The van der Waals surface area contributed by atoms with E-state index in [-0.39, 0.29) is 0 Å². The molecule has 0 aliphatic carbocycles. The van der Waals surface area contributed by atoms with Crippen molar-refractivity contribution in [2.45, 2.75) is 33.6 Å². The van der Waals surface area contributed by atoms with Gasteiger partial charge in [-0.15, -0.1) is 11.3 Å². The van der Waals surface area contributed by atoms with Gasteiger partial charge in [-0.1, -0.05) is 38.8 Å². The van der Waals surface area contributed by atoms with Gasteiger partial charge >= 0.3 is 0 Å². The minimum absolute atomic E-state index is 0.546. The average molecular weight is 284 g/mol. The van der Waals surface area contributed by atoms with Gasteiger partial charge in [-0.3, -0.25) is 0 Å². The van der Waals surface area contributed by atoms with Crippen molar-refractivity contribution in [3.8, 4) is 0 Å². The highest BCUT2D eigenvalue weighted by Crippen LogP contribution is 2.30. The van der Waals surface area contributed by atoms with Crippen molar-refractivity contribution in [1.82, 2.24) is 9.97 Å². The van der Waals surface area contributed by atoms with Gasteiger partial charge < -0.3 is 5.32 Å². The zero-order valence-electron chi connectivity index (χ0n) is 11.0. The Morgan fingerprint density at radius 2 is 2.17 bits per heavy atom. The molecule has 2 rings (SSSR count). The van der Waals surface area contributed by atoms with Crippen LogP contribution >= 0.6 is 22.9 Å². The van der Waals surface area contributed by atoms with Crippen LogP contribution in [0.3, 0.4) is 0 Å². The molecule has 0 bridgehead atoms. The lowest BCUT2D eigenvalue weighted by Gasteiger charge is -2.07. The second-order valence-electron chi connectivity index (χ2n) is 4.79. The maximum Gasteiger partial charge on any atom is 0.225 e. The van der Waals surface area contributed by atoms with Crippen LogP contribution in [0.1, 0.15) is 32.1 Å². The zero-order valence-corrected chi connectivity index (χ0v) is 12.5. The Morgan fingerprint density at radius 1 is 1.39 bits per heavy atom. The van der Waals surface area contributed by atoms with Gasteiger partial charge in [0.15, 0.2) is 0 Å². The van der Waals surface area contributed by atoms with E-state index in [4.69, 9.17) is 11.6 Å². The average Bonchev–Trinajstić information content (AvgIpc) is 2.70. The van der Waals surface area contributed by atoms with Crippen LogP contribution in [0.5, 0.6) is 0 Å². The minimum Gasteiger partial charge on any atom is -0.354 e. The van der Waals surface area contributed by atoms with Crippen molar-refractivity contribution in [2.75, 3.05) is 11.9 Å². The van der Waals surface area contributed by atoms with Crippen LogP contribution in [0.4, 0.5) is 5.95 Å². The fourth-order valence-corrected chi connectivity index (χ4v) is 3.09. The molecule has 0 aliphatic rings. The molecule has 2 aromatic rings. The third-order valence-corrected chi connectivity index (χ3v) is 3.94. The number of aryl methyl sites for hydroxylation is 1. The Bertz CT molecular complexity index is 536. The van der Waals surface area contributed by atoms with Gasteiger partial charge in [0.05, 0.1) is 0 Å². The highest BCUT2D eigenvalue weighted by atomic mass is 35.5. The van der Waals surface area contributed by atoms with Crippen LogP contribution in [0, 0.1) is 5.92 Å². The summed E-state index contributed by atoms with van der Waals surface area (Å²) in [6.45, 7) is 7.33. The van der Waals surface area contributed by atoms with Gasteiger partial charge in [-0.25, -0.2) is 9.97 Å². The molecular formula is C13H18ClN3S. The Morgan fingerprint density at radius 3 is 2.83 bits per heavy atom.